The van der Waals surface area contributed by atoms with Crippen LogP contribution in [0.15, 0.2) is 24.3 Å². The number of phenols is 1. The number of ketones is 1. The first kappa shape index (κ1) is 13.6. The average Bonchev–Trinajstić information content (AvgIpc) is 2.89. The van der Waals surface area contributed by atoms with Crippen LogP contribution < -0.4 is 4.74 Å². The van der Waals surface area contributed by atoms with Crippen molar-refractivity contribution in [2.24, 2.45) is 0 Å². The van der Waals surface area contributed by atoms with E-state index in [1.54, 1.807) is 12.1 Å². The predicted molar refractivity (Wildman–Crippen MR) is 82.7 cm³/mol. The Hall–Kier alpha value is -1.85. The van der Waals surface area contributed by atoms with E-state index in [0.717, 1.165) is 24.2 Å². The van der Waals surface area contributed by atoms with E-state index in [1.165, 1.54) is 6.08 Å². The second-order valence-electron chi connectivity index (χ2n) is 7.08. The van der Waals surface area contributed by atoms with E-state index >= 15 is 0 Å². The van der Waals surface area contributed by atoms with Crippen LogP contribution in [0.2, 0.25) is 0 Å². The maximum Gasteiger partial charge on any atom is 0.196 e. The van der Waals surface area contributed by atoms with Crippen molar-refractivity contribution in [1.29, 1.82) is 0 Å². The van der Waals surface area contributed by atoms with Gasteiger partial charge in [-0.1, -0.05) is 13.0 Å². The van der Waals surface area contributed by atoms with E-state index in [1.807, 2.05) is 6.07 Å². The molecule has 5 rings (SSSR count). The molecule has 5 nitrogen and oxygen atoms in total. The normalized spacial score (nSPS) is 40.0. The molecule has 0 saturated carbocycles. The van der Waals surface area contributed by atoms with Crippen LogP contribution in [0.4, 0.5) is 0 Å². The quantitative estimate of drug-likeness (QED) is 0.806. The van der Waals surface area contributed by atoms with Crippen molar-refractivity contribution in [3.63, 3.8) is 0 Å². The summed E-state index contributed by atoms with van der Waals surface area (Å²) in [6, 6.07) is 3.48. The van der Waals surface area contributed by atoms with Gasteiger partial charge in [0.25, 0.3) is 0 Å². The number of likely N-dealkylation sites (N-methyl/N-ethyl adjacent to an activating group) is 1. The molecule has 1 aromatic rings. The minimum atomic E-state index is -1.13. The van der Waals surface area contributed by atoms with Gasteiger partial charge in [-0.05, 0) is 49.7 Å². The highest BCUT2D eigenvalue weighted by molar-refractivity contribution is 5.99. The number of phenolic OH excluding ortho intramolecular Hbond substituents is 1. The Balaban J connectivity index is 1.87. The van der Waals surface area contributed by atoms with Gasteiger partial charge in [0.2, 0.25) is 0 Å². The minimum absolute atomic E-state index is 0.0547. The molecule has 1 saturated heterocycles. The van der Waals surface area contributed by atoms with Gasteiger partial charge in [0.05, 0.1) is 5.41 Å². The molecule has 4 atom stereocenters. The summed E-state index contributed by atoms with van der Waals surface area (Å²) < 4.78 is 5.93. The van der Waals surface area contributed by atoms with Crippen LogP contribution in [-0.4, -0.2) is 51.7 Å². The average molecular weight is 313 g/mol. The van der Waals surface area contributed by atoms with Gasteiger partial charge in [-0.25, -0.2) is 0 Å². The van der Waals surface area contributed by atoms with E-state index in [4.69, 9.17) is 4.74 Å². The standard InChI is InChI=1S/C18H19NO4/c1-2-19-8-7-17-14-10-3-4-11(20)15(14)23-16(17)12(21)5-6-18(17,22)13(19)9-10/h3-6,13,16,20,22H,2,7-9H2,1H3/t13-,16+,17+,18-/m1/s1. The molecule has 2 N–H and O–H groups in total. The first-order valence-corrected chi connectivity index (χ1v) is 8.24. The van der Waals surface area contributed by atoms with Crippen LogP contribution in [0.1, 0.15) is 24.5 Å². The number of carbonyl (C=O) groups is 1. The molecule has 0 amide bonds. The number of hydrogen-bond acceptors (Lipinski definition) is 5. The highest BCUT2D eigenvalue weighted by atomic mass is 16.5. The maximum atomic E-state index is 12.5. The zero-order chi connectivity index (χ0) is 16.0. The summed E-state index contributed by atoms with van der Waals surface area (Å²) in [6.07, 6.45) is 3.76. The van der Waals surface area contributed by atoms with E-state index < -0.39 is 17.1 Å². The first-order chi connectivity index (χ1) is 11.0. The zero-order valence-electron chi connectivity index (χ0n) is 13.0. The number of rotatable bonds is 1. The van der Waals surface area contributed by atoms with Crippen molar-refractivity contribution in [3.05, 3.63) is 35.4 Å². The maximum absolute atomic E-state index is 12.5. The molecule has 2 heterocycles. The van der Waals surface area contributed by atoms with Crippen molar-refractivity contribution in [2.45, 2.75) is 42.9 Å². The summed E-state index contributed by atoms with van der Waals surface area (Å²) in [5.74, 6) is 0.326. The number of nitrogens with zero attached hydrogens (tertiary/aromatic N) is 1. The summed E-state index contributed by atoms with van der Waals surface area (Å²) in [4.78, 5) is 14.8. The van der Waals surface area contributed by atoms with Crippen molar-refractivity contribution in [3.8, 4) is 11.5 Å². The molecular formula is C18H19NO4. The van der Waals surface area contributed by atoms with Crippen molar-refractivity contribution in [2.75, 3.05) is 13.1 Å². The van der Waals surface area contributed by atoms with Gasteiger partial charge in [-0.2, -0.15) is 0 Å². The lowest BCUT2D eigenvalue weighted by Gasteiger charge is -2.60. The van der Waals surface area contributed by atoms with E-state index in [2.05, 4.69) is 11.8 Å². The molecule has 1 spiro atoms. The molecule has 2 aliphatic carbocycles. The Morgan fingerprint density at radius 3 is 3.04 bits per heavy atom. The summed E-state index contributed by atoms with van der Waals surface area (Å²) >= 11 is 0. The Bertz CT molecular complexity index is 773. The second kappa shape index (κ2) is 3.97. The van der Waals surface area contributed by atoms with E-state index in [0.29, 0.717) is 18.6 Å². The predicted octanol–water partition coefficient (Wildman–Crippen LogP) is 0.911. The Labute approximate surface area is 134 Å². The third kappa shape index (κ3) is 1.28. The molecule has 0 radical (unpaired) electrons. The molecule has 2 bridgehead atoms. The Kier molecular flexibility index (Phi) is 2.34. The summed E-state index contributed by atoms with van der Waals surface area (Å²) in [5.41, 5.74) is 0.0360. The highest BCUT2D eigenvalue weighted by Gasteiger charge is 2.71. The second-order valence-corrected chi connectivity index (χ2v) is 7.08. The number of likely N-dealkylation sites (tertiary alicyclic amines) is 1. The van der Waals surface area contributed by atoms with Crippen molar-refractivity contribution in [1.82, 2.24) is 4.90 Å². The summed E-state index contributed by atoms with van der Waals surface area (Å²) in [6.45, 7) is 3.77. The number of hydrogen-bond donors (Lipinski definition) is 2. The SMILES string of the molecule is CCN1CC[C@]23c4c5ccc(O)c4O[C@H]2C(=O)C=C[C@@]3(O)[C@H]1C5. The monoisotopic (exact) mass is 313 g/mol. The van der Waals surface area contributed by atoms with Gasteiger partial charge in [0.1, 0.15) is 5.60 Å². The van der Waals surface area contributed by atoms with Crippen LogP contribution in [0, 0.1) is 0 Å². The van der Waals surface area contributed by atoms with Crippen LogP contribution in [0.5, 0.6) is 11.5 Å². The zero-order valence-corrected chi connectivity index (χ0v) is 13.0. The number of benzene rings is 1. The van der Waals surface area contributed by atoms with E-state index in [-0.39, 0.29) is 17.6 Å². The Morgan fingerprint density at radius 1 is 1.43 bits per heavy atom. The highest BCUT2D eigenvalue weighted by Crippen LogP contribution is 2.63. The molecule has 4 aliphatic rings. The smallest absolute Gasteiger partial charge is 0.196 e. The fraction of sp³-hybridized carbons (Fsp3) is 0.500. The lowest BCUT2D eigenvalue weighted by Crippen LogP contribution is -2.75. The number of ether oxygens (including phenoxy) is 1. The van der Waals surface area contributed by atoms with Crippen LogP contribution >= 0.6 is 0 Å². The number of carbonyl (C=O) groups excluding carboxylic acids is 1. The number of aromatic hydroxyl groups is 1. The molecule has 23 heavy (non-hydrogen) atoms. The first-order valence-electron chi connectivity index (χ1n) is 8.24. The third-order valence-corrected chi connectivity index (χ3v) is 6.39. The largest absolute Gasteiger partial charge is 0.504 e. The molecule has 0 aromatic heterocycles. The van der Waals surface area contributed by atoms with E-state index in [9.17, 15) is 15.0 Å². The number of aliphatic hydroxyl groups is 1. The molecule has 0 unspecified atom stereocenters. The van der Waals surface area contributed by atoms with Gasteiger partial charge in [-0.15, -0.1) is 0 Å². The van der Waals surface area contributed by atoms with Gasteiger partial charge in [-0.3, -0.25) is 9.69 Å². The minimum Gasteiger partial charge on any atom is -0.504 e. The van der Waals surface area contributed by atoms with Gasteiger partial charge >= 0.3 is 0 Å². The lowest BCUT2D eigenvalue weighted by atomic mass is 9.51. The van der Waals surface area contributed by atoms with Gasteiger partial charge < -0.3 is 14.9 Å². The van der Waals surface area contributed by atoms with Crippen molar-refractivity contribution < 1.29 is 19.7 Å². The summed E-state index contributed by atoms with van der Waals surface area (Å²) in [5, 5.41) is 21.9. The molecular weight excluding hydrogens is 294 g/mol. The van der Waals surface area contributed by atoms with Gasteiger partial charge in [0.15, 0.2) is 23.4 Å². The fourth-order valence-electron chi connectivity index (χ4n) is 5.39. The van der Waals surface area contributed by atoms with Crippen molar-refractivity contribution >= 4 is 5.78 Å². The molecule has 5 heteroatoms. The summed E-state index contributed by atoms with van der Waals surface area (Å²) in [7, 11) is 0. The van der Waals surface area contributed by atoms with Gasteiger partial charge in [0, 0.05) is 11.6 Å². The van der Waals surface area contributed by atoms with Crippen LogP contribution in [0.3, 0.4) is 0 Å². The number of piperidine rings is 1. The Morgan fingerprint density at radius 2 is 2.26 bits per heavy atom. The molecule has 1 fully saturated rings. The molecule has 1 aromatic carbocycles. The van der Waals surface area contributed by atoms with Crippen LogP contribution in [0.25, 0.3) is 0 Å². The third-order valence-electron chi connectivity index (χ3n) is 6.39. The molecule has 2 aliphatic heterocycles. The topological polar surface area (TPSA) is 70.0 Å². The van der Waals surface area contributed by atoms with Crippen LogP contribution in [-0.2, 0) is 16.6 Å². The lowest BCUT2D eigenvalue weighted by molar-refractivity contribution is -0.154. The molecule has 120 valence electrons. The fourth-order valence-corrected chi connectivity index (χ4v) is 5.39.